The van der Waals surface area contributed by atoms with Crippen molar-refractivity contribution in [1.29, 1.82) is 0 Å². The van der Waals surface area contributed by atoms with E-state index in [9.17, 15) is 49.8 Å². The second kappa shape index (κ2) is 26.2. The van der Waals surface area contributed by atoms with Crippen LogP contribution in [0.15, 0.2) is 60.3 Å². The number of aryl methyl sites for hydroxylation is 2. The molecule has 2 heterocycles. The minimum Gasteiger partial charge on any atom is -0.507 e. The molecule has 0 fully saturated rings. The molecule has 0 bridgehead atoms. The van der Waals surface area contributed by atoms with Gasteiger partial charge in [0.15, 0.2) is 0 Å². The van der Waals surface area contributed by atoms with Crippen LogP contribution in [0.2, 0.25) is 0 Å². The van der Waals surface area contributed by atoms with Gasteiger partial charge in [0, 0.05) is 89.6 Å². The van der Waals surface area contributed by atoms with Gasteiger partial charge in [-0.15, -0.1) is 0 Å². The van der Waals surface area contributed by atoms with Crippen LogP contribution in [0.1, 0.15) is 113 Å². The molecule has 6 aromatic carbocycles. The van der Waals surface area contributed by atoms with Crippen molar-refractivity contribution in [1.82, 2.24) is 20.9 Å². The number of aromatic hydroxyl groups is 6. The summed E-state index contributed by atoms with van der Waals surface area (Å²) in [6.07, 6.45) is 1.95. The average molecular weight is 1160 g/mol. The lowest BCUT2D eigenvalue weighted by Crippen LogP contribution is -2.43. The molecule has 2 amide bonds. The molecule has 0 unspecified atom stereocenters. The van der Waals surface area contributed by atoms with Gasteiger partial charge in [-0.05, 0) is 136 Å². The summed E-state index contributed by atoms with van der Waals surface area (Å²) in [5.74, 6) is -2.79. The van der Waals surface area contributed by atoms with Crippen LogP contribution in [0.3, 0.4) is 0 Å². The number of rotatable bonds is 20. The Balaban J connectivity index is 1.29. The van der Waals surface area contributed by atoms with E-state index in [0.717, 1.165) is 23.6 Å². The molecule has 0 saturated carbocycles. The van der Waals surface area contributed by atoms with Crippen molar-refractivity contribution in [2.45, 2.75) is 118 Å². The number of methoxy groups -OCH3 is 2. The molecule has 2 aliphatic rings. The van der Waals surface area contributed by atoms with E-state index in [4.69, 9.17) is 28.4 Å². The van der Waals surface area contributed by atoms with E-state index in [1.807, 2.05) is 53.7 Å². The zero-order valence-corrected chi connectivity index (χ0v) is 49.2. The second-order valence-corrected chi connectivity index (χ2v) is 21.6. The van der Waals surface area contributed by atoms with Crippen molar-refractivity contribution in [2.24, 2.45) is 0 Å². The third-order valence-electron chi connectivity index (χ3n) is 15.4. The predicted octanol–water partition coefficient (Wildman–Crippen LogP) is 10.8. The Morgan fingerprint density at radius 1 is 0.595 bits per heavy atom. The Hall–Kier alpha value is -8.78. The Morgan fingerprint density at radius 2 is 1.06 bits per heavy atom. The maximum absolute atomic E-state index is 14.3. The number of nitrogens with one attached hydrogen (secondary N) is 3. The first kappa shape index (κ1) is 61.3. The molecule has 0 saturated heterocycles. The molecule has 6 aromatic rings. The van der Waals surface area contributed by atoms with Crippen LogP contribution in [0.5, 0.6) is 46.0 Å². The largest absolute Gasteiger partial charge is 0.507 e. The monoisotopic (exact) mass is 1160 g/mol. The molecule has 2 aliphatic heterocycles. The highest BCUT2D eigenvalue weighted by Crippen LogP contribution is 2.57. The number of amides is 2. The summed E-state index contributed by atoms with van der Waals surface area (Å²) in [4.78, 5) is 53.7. The summed E-state index contributed by atoms with van der Waals surface area (Å²) in [6, 6.07) is 11.1. The molecule has 84 heavy (non-hydrogen) atoms. The van der Waals surface area contributed by atoms with Gasteiger partial charge in [0.1, 0.15) is 51.7 Å². The number of hydrogen-bond acceptors (Lipinski definition) is 18. The highest BCUT2D eigenvalue weighted by molar-refractivity contribution is 6.14. The number of esters is 2. The predicted molar refractivity (Wildman–Crippen MR) is 317 cm³/mol. The van der Waals surface area contributed by atoms with Crippen LogP contribution >= 0.6 is 0 Å². The maximum Gasteiger partial charge on any atom is 0.407 e. The Kier molecular flexibility index (Phi) is 19.1. The summed E-state index contributed by atoms with van der Waals surface area (Å²) in [7, 11) is 2.94. The van der Waals surface area contributed by atoms with Gasteiger partial charge in [-0.25, -0.2) is 19.2 Å². The van der Waals surface area contributed by atoms with E-state index >= 15 is 0 Å². The summed E-state index contributed by atoms with van der Waals surface area (Å²) in [6.45, 7) is 15.4. The van der Waals surface area contributed by atoms with Gasteiger partial charge in [-0.3, -0.25) is 0 Å². The molecule has 8 rings (SSSR count). The number of phenols is 6. The number of carbonyl (C=O) groups excluding carboxylic acids is 4. The average Bonchev–Trinajstić information content (AvgIpc) is 0.977. The van der Waals surface area contributed by atoms with Crippen molar-refractivity contribution in [3.8, 4) is 79.4 Å². The first-order valence-electron chi connectivity index (χ1n) is 28.4. The molecule has 0 spiro atoms. The van der Waals surface area contributed by atoms with E-state index in [-0.39, 0.29) is 137 Å². The summed E-state index contributed by atoms with van der Waals surface area (Å²) in [5, 5.41) is 83.4. The number of alkyl carbamates (subject to hydrolysis) is 2. The van der Waals surface area contributed by atoms with Gasteiger partial charge in [-0.2, -0.15) is 0 Å². The molecular weight excluding hydrogens is 1080 g/mol. The normalized spacial score (nSPS) is 16.6. The molecule has 0 aromatic heterocycles. The number of carbonyl (C=O) groups is 4. The topological polar surface area (TPSA) is 284 Å². The van der Waals surface area contributed by atoms with Crippen molar-refractivity contribution in [3.05, 3.63) is 93.7 Å². The fraction of sp³-hybridized carbons (Fsp3) is 0.406. The number of hydrogen-bond donors (Lipinski definition) is 9. The third-order valence-corrected chi connectivity index (χ3v) is 15.4. The van der Waals surface area contributed by atoms with Crippen LogP contribution in [-0.4, -0.2) is 125 Å². The fourth-order valence-electron chi connectivity index (χ4n) is 11.9. The molecule has 448 valence electrons. The summed E-state index contributed by atoms with van der Waals surface area (Å²) >= 11 is 0. The van der Waals surface area contributed by atoms with Gasteiger partial charge < -0.3 is 79.9 Å². The molecule has 0 radical (unpaired) electrons. The highest BCUT2D eigenvalue weighted by atomic mass is 16.6. The van der Waals surface area contributed by atoms with Crippen LogP contribution in [-0.2, 0) is 41.4 Å². The molecule has 20 nitrogen and oxygen atoms in total. The van der Waals surface area contributed by atoms with Gasteiger partial charge >= 0.3 is 24.1 Å². The van der Waals surface area contributed by atoms with Gasteiger partial charge in [0.2, 0.25) is 0 Å². The van der Waals surface area contributed by atoms with E-state index in [1.165, 1.54) is 26.4 Å². The van der Waals surface area contributed by atoms with E-state index in [1.54, 1.807) is 43.0 Å². The van der Waals surface area contributed by atoms with Crippen molar-refractivity contribution >= 4 is 45.7 Å². The first-order chi connectivity index (χ1) is 40.1. The van der Waals surface area contributed by atoms with Crippen LogP contribution in [0.25, 0.3) is 54.9 Å². The summed E-state index contributed by atoms with van der Waals surface area (Å²) in [5.41, 5.74) is 5.01. The van der Waals surface area contributed by atoms with Crippen LogP contribution < -0.4 is 25.4 Å². The zero-order valence-electron chi connectivity index (χ0n) is 49.2. The number of fused-ring (bicyclic) bond motifs is 4. The third kappa shape index (κ3) is 12.4. The van der Waals surface area contributed by atoms with Crippen molar-refractivity contribution < 1.29 is 78.2 Å². The lowest BCUT2D eigenvalue weighted by atomic mass is 9.80. The lowest BCUT2D eigenvalue weighted by Gasteiger charge is -2.43. The summed E-state index contributed by atoms with van der Waals surface area (Å²) < 4.78 is 33.5. The quantitative estimate of drug-likeness (QED) is 0.0149. The minimum atomic E-state index is -0.918. The molecular formula is C64H76N4O16. The first-order valence-corrected chi connectivity index (χ1v) is 28.4. The molecule has 0 aliphatic carbocycles. The van der Waals surface area contributed by atoms with Crippen molar-refractivity contribution in [2.75, 3.05) is 53.7 Å². The Morgan fingerprint density at radius 3 is 1.55 bits per heavy atom. The molecule has 9 N–H and O–H groups in total. The Bertz CT molecular complexity index is 3560. The van der Waals surface area contributed by atoms with Gasteiger partial charge in [-0.1, -0.05) is 26.0 Å². The standard InChI is InChI=1S/C64H76N4O16/c1-11-15-65-63(77)83-19-13-17-81-53(73)29-46(62(76)82-18-14-20-84-64(78)66-16-12-2)68-35(6)26-45-55(37(68)8)48(70)31-50(72)57(45)41-28-43(61(75)59-39(41)22-33(4)24-52(59)80-10)42-27-40(38-21-32(3)23-51(79-9)58(38)60(42)74)56-44-25-34(5)67-36(7)54(44)47(69)30-49(56)71/h21-24,27-31,34-37,67,69-72,74-75H,11-20,25-26H2,1-10H3,(H,65,77)(H,66,78)/b46-29+/t34-,35-,36-,37-/m1/s1. The smallest absolute Gasteiger partial charge is 0.407 e. The van der Waals surface area contributed by atoms with Crippen LogP contribution in [0, 0.1) is 13.8 Å². The number of benzene rings is 6. The van der Waals surface area contributed by atoms with Gasteiger partial charge in [0.25, 0.3) is 0 Å². The fourth-order valence-corrected chi connectivity index (χ4v) is 11.9. The SMILES string of the molecule is CCCNC(=O)OCCCOC(=O)/C=C(\C(=O)OCCCOC(=O)NCCC)N1[C@H](C)Cc2c(-c3cc(-c4cc(-c5c(O)cc(O)c6c5C[C@@H](C)N[C@@H]6C)c5cc(C)cc(OC)c5c4O)c(O)c4c(OC)cc(C)cc34)c(O)cc(O)c2[C@H]1C. The lowest BCUT2D eigenvalue weighted by molar-refractivity contribution is -0.144. The maximum atomic E-state index is 14.3. The van der Waals surface area contributed by atoms with Crippen LogP contribution in [0.4, 0.5) is 9.59 Å². The number of ether oxygens (including phenoxy) is 6. The Labute approximate surface area is 487 Å². The van der Waals surface area contributed by atoms with E-state index in [0.29, 0.717) is 75.8 Å². The second-order valence-electron chi connectivity index (χ2n) is 21.6. The number of nitrogens with zero attached hydrogens (tertiary/aromatic N) is 1. The minimum absolute atomic E-state index is 0.0360. The van der Waals surface area contributed by atoms with Gasteiger partial charge in [0.05, 0.1) is 63.5 Å². The molecule has 4 atom stereocenters. The molecule has 20 heteroatoms. The highest BCUT2D eigenvalue weighted by Gasteiger charge is 2.40. The van der Waals surface area contributed by atoms with Crippen molar-refractivity contribution in [3.63, 3.8) is 0 Å². The van der Waals surface area contributed by atoms with E-state index in [2.05, 4.69) is 16.0 Å². The number of phenolic OH excluding ortho intramolecular Hbond substituents is 6. The zero-order chi connectivity index (χ0) is 60.8. The van der Waals surface area contributed by atoms with E-state index < -0.39 is 36.2 Å².